The monoisotopic (exact) mass is 360 g/mol. The Morgan fingerprint density at radius 2 is 1.63 bits per heavy atom. The molecule has 27 heavy (non-hydrogen) atoms. The summed E-state index contributed by atoms with van der Waals surface area (Å²) in [5.74, 6) is 0. The maximum absolute atomic E-state index is 6.16. The van der Waals surface area contributed by atoms with Crippen LogP contribution in [0.25, 0.3) is 12.2 Å². The highest BCUT2D eigenvalue weighted by atomic mass is 16.5. The van der Waals surface area contributed by atoms with Crippen LogP contribution in [0.4, 0.5) is 11.4 Å². The van der Waals surface area contributed by atoms with Gasteiger partial charge in [-0.15, -0.1) is 0 Å². The zero-order valence-electron chi connectivity index (χ0n) is 16.3. The van der Waals surface area contributed by atoms with E-state index in [0.29, 0.717) is 0 Å². The molecule has 140 valence electrons. The van der Waals surface area contributed by atoms with Crippen molar-refractivity contribution in [2.75, 3.05) is 37.7 Å². The van der Waals surface area contributed by atoms with Gasteiger partial charge in [-0.05, 0) is 37.1 Å². The highest BCUT2D eigenvalue weighted by Crippen LogP contribution is 2.36. The predicted octanol–water partition coefficient (Wildman–Crippen LogP) is 4.98. The van der Waals surface area contributed by atoms with Crippen molar-refractivity contribution in [3.63, 3.8) is 0 Å². The summed E-state index contributed by atoms with van der Waals surface area (Å²) < 4.78 is 6.16. The highest BCUT2D eigenvalue weighted by molar-refractivity contribution is 5.88. The number of hydrogen-bond donors (Lipinski definition) is 0. The van der Waals surface area contributed by atoms with Crippen LogP contribution in [0.15, 0.2) is 60.2 Å². The molecule has 2 aromatic rings. The molecular weight excluding hydrogens is 332 g/mol. The van der Waals surface area contributed by atoms with Crippen molar-refractivity contribution < 1.29 is 4.74 Å². The van der Waals surface area contributed by atoms with Gasteiger partial charge in [0, 0.05) is 31.0 Å². The molecule has 1 saturated heterocycles. The van der Waals surface area contributed by atoms with E-state index in [9.17, 15) is 0 Å². The van der Waals surface area contributed by atoms with Crippen molar-refractivity contribution in [1.29, 1.82) is 0 Å². The summed E-state index contributed by atoms with van der Waals surface area (Å²) in [5, 5.41) is 0. The molecule has 0 aliphatic carbocycles. The summed E-state index contributed by atoms with van der Waals surface area (Å²) in [7, 11) is 0. The smallest absolute Gasteiger partial charge is 0.0881 e. The zero-order chi connectivity index (χ0) is 18.6. The molecule has 3 nitrogen and oxygen atoms in total. The van der Waals surface area contributed by atoms with Crippen molar-refractivity contribution >= 4 is 23.5 Å². The Kier molecular flexibility index (Phi) is 5.42. The SMILES string of the molecule is CC(C)=CCN1CCOC(CN2c3ccccc3C=Cc3ccccc32)C1. The molecule has 4 rings (SSSR count). The maximum atomic E-state index is 6.16. The van der Waals surface area contributed by atoms with E-state index in [2.05, 4.69) is 90.4 Å². The molecule has 0 saturated carbocycles. The number of ether oxygens (including phenoxy) is 1. The van der Waals surface area contributed by atoms with Crippen molar-refractivity contribution in [2.45, 2.75) is 20.0 Å². The lowest BCUT2D eigenvalue weighted by Gasteiger charge is -2.36. The number of para-hydroxylation sites is 2. The fourth-order valence-electron chi connectivity index (χ4n) is 3.83. The van der Waals surface area contributed by atoms with E-state index >= 15 is 0 Å². The maximum Gasteiger partial charge on any atom is 0.0881 e. The molecule has 2 aromatic carbocycles. The Hall–Kier alpha value is -2.36. The second-order valence-electron chi connectivity index (χ2n) is 7.60. The van der Waals surface area contributed by atoms with E-state index in [0.717, 1.165) is 32.8 Å². The van der Waals surface area contributed by atoms with Gasteiger partial charge in [0.1, 0.15) is 0 Å². The van der Waals surface area contributed by atoms with Gasteiger partial charge in [0.2, 0.25) is 0 Å². The molecule has 0 radical (unpaired) electrons. The first-order valence-electron chi connectivity index (χ1n) is 9.82. The number of benzene rings is 2. The van der Waals surface area contributed by atoms with Crippen molar-refractivity contribution in [3.8, 4) is 0 Å². The third-order valence-electron chi connectivity index (χ3n) is 5.26. The van der Waals surface area contributed by atoms with Gasteiger partial charge in [0.25, 0.3) is 0 Å². The number of nitrogens with zero attached hydrogens (tertiary/aromatic N) is 2. The predicted molar refractivity (Wildman–Crippen MR) is 114 cm³/mol. The lowest BCUT2D eigenvalue weighted by atomic mass is 10.1. The average molecular weight is 361 g/mol. The largest absolute Gasteiger partial charge is 0.374 e. The van der Waals surface area contributed by atoms with Gasteiger partial charge in [-0.2, -0.15) is 0 Å². The lowest BCUT2D eigenvalue weighted by molar-refractivity contribution is -0.0190. The van der Waals surface area contributed by atoms with E-state index in [1.807, 2.05) is 0 Å². The number of hydrogen-bond acceptors (Lipinski definition) is 3. The highest BCUT2D eigenvalue weighted by Gasteiger charge is 2.25. The van der Waals surface area contributed by atoms with E-state index in [4.69, 9.17) is 4.74 Å². The normalized spacial score (nSPS) is 19.2. The first-order chi connectivity index (χ1) is 13.2. The van der Waals surface area contributed by atoms with Crippen LogP contribution in [0.1, 0.15) is 25.0 Å². The lowest BCUT2D eigenvalue weighted by Crippen LogP contribution is -2.47. The molecule has 3 heteroatoms. The number of fused-ring (bicyclic) bond motifs is 2. The second-order valence-corrected chi connectivity index (χ2v) is 7.60. The third-order valence-corrected chi connectivity index (χ3v) is 5.26. The minimum absolute atomic E-state index is 0.198. The van der Waals surface area contributed by atoms with Crippen LogP contribution in [0.5, 0.6) is 0 Å². The summed E-state index contributed by atoms with van der Waals surface area (Å²) in [6, 6.07) is 17.3. The molecule has 2 aliphatic heterocycles. The Morgan fingerprint density at radius 1 is 1.00 bits per heavy atom. The second kappa shape index (κ2) is 8.12. The van der Waals surface area contributed by atoms with Crippen LogP contribution < -0.4 is 4.90 Å². The molecule has 0 amide bonds. The van der Waals surface area contributed by atoms with E-state index < -0.39 is 0 Å². The number of rotatable bonds is 4. The average Bonchev–Trinajstić information content (AvgIpc) is 2.85. The fraction of sp³-hybridized carbons (Fsp3) is 0.333. The molecule has 1 unspecified atom stereocenters. The number of allylic oxidation sites excluding steroid dienone is 1. The van der Waals surface area contributed by atoms with Crippen LogP contribution in [-0.2, 0) is 4.74 Å². The zero-order valence-corrected chi connectivity index (χ0v) is 16.3. The quantitative estimate of drug-likeness (QED) is 0.716. The number of anilines is 2. The van der Waals surface area contributed by atoms with Gasteiger partial charge >= 0.3 is 0 Å². The van der Waals surface area contributed by atoms with Gasteiger partial charge in [0.05, 0.1) is 19.3 Å². The third kappa shape index (κ3) is 4.15. The summed E-state index contributed by atoms with van der Waals surface area (Å²) >= 11 is 0. The van der Waals surface area contributed by atoms with Crippen molar-refractivity contribution in [1.82, 2.24) is 4.90 Å². The molecule has 2 aliphatic rings. The van der Waals surface area contributed by atoms with Gasteiger partial charge < -0.3 is 9.64 Å². The van der Waals surface area contributed by atoms with Crippen LogP contribution in [-0.4, -0.2) is 43.8 Å². The molecule has 1 atom stereocenters. The molecule has 1 fully saturated rings. The molecule has 0 bridgehead atoms. The Morgan fingerprint density at radius 3 is 2.26 bits per heavy atom. The molecule has 0 N–H and O–H groups in total. The van der Waals surface area contributed by atoms with Gasteiger partial charge in [0.15, 0.2) is 0 Å². The van der Waals surface area contributed by atoms with E-state index in [1.165, 1.54) is 28.1 Å². The topological polar surface area (TPSA) is 15.7 Å². The molecule has 2 heterocycles. The minimum atomic E-state index is 0.198. The van der Waals surface area contributed by atoms with Crippen LogP contribution in [0.2, 0.25) is 0 Å². The summed E-state index contributed by atoms with van der Waals surface area (Å²) in [5.41, 5.74) is 6.39. The first kappa shape index (κ1) is 18.0. The molecular formula is C24H28N2O. The Balaban J connectivity index is 1.59. The summed E-state index contributed by atoms with van der Waals surface area (Å²) in [4.78, 5) is 4.93. The van der Waals surface area contributed by atoms with Crippen molar-refractivity contribution in [2.24, 2.45) is 0 Å². The summed E-state index contributed by atoms with van der Waals surface area (Å²) in [6.07, 6.45) is 6.94. The van der Waals surface area contributed by atoms with Gasteiger partial charge in [-0.3, -0.25) is 4.90 Å². The summed E-state index contributed by atoms with van der Waals surface area (Å²) in [6.45, 7) is 8.98. The number of morpholine rings is 1. The van der Waals surface area contributed by atoms with Crippen LogP contribution >= 0.6 is 0 Å². The van der Waals surface area contributed by atoms with Crippen LogP contribution in [0, 0.1) is 0 Å². The molecule has 0 aromatic heterocycles. The van der Waals surface area contributed by atoms with E-state index in [1.54, 1.807) is 0 Å². The van der Waals surface area contributed by atoms with Crippen LogP contribution in [0.3, 0.4) is 0 Å². The van der Waals surface area contributed by atoms with Gasteiger partial charge in [-0.1, -0.05) is 60.2 Å². The first-order valence-corrected chi connectivity index (χ1v) is 9.82. The minimum Gasteiger partial charge on any atom is -0.374 e. The standard InChI is InChI=1S/C24H28N2O/c1-19(2)13-14-25-15-16-27-22(17-25)18-26-23-9-5-3-7-20(23)11-12-21-8-4-6-10-24(21)26/h3-13,22H,14-18H2,1-2H3. The van der Waals surface area contributed by atoms with E-state index in [-0.39, 0.29) is 6.10 Å². The molecule has 0 spiro atoms. The Bertz CT molecular complexity index is 801. The van der Waals surface area contributed by atoms with Gasteiger partial charge in [-0.25, -0.2) is 0 Å². The fourth-order valence-corrected chi connectivity index (χ4v) is 3.83. The van der Waals surface area contributed by atoms with Crippen molar-refractivity contribution in [3.05, 3.63) is 71.3 Å². The Labute approximate surface area is 162 Å².